The van der Waals surface area contributed by atoms with Crippen LogP contribution >= 0.6 is 23.4 Å². The number of nitrogens with one attached hydrogen (secondary N) is 1. The second kappa shape index (κ2) is 7.94. The largest absolute Gasteiger partial charge is 0.311 e. The molecule has 3 rings (SSSR count). The summed E-state index contributed by atoms with van der Waals surface area (Å²) >= 11 is 7.16. The number of hydrogen-bond donors (Lipinski definition) is 1. The Balaban J connectivity index is 1.79. The van der Waals surface area contributed by atoms with Crippen LogP contribution in [0.3, 0.4) is 0 Å². The molecule has 6 nitrogen and oxygen atoms in total. The first-order valence-corrected chi connectivity index (χ1v) is 10.2. The van der Waals surface area contributed by atoms with Gasteiger partial charge < -0.3 is 4.57 Å². The van der Waals surface area contributed by atoms with E-state index in [0.717, 1.165) is 15.9 Å². The number of nitrogens with zero attached hydrogens (tertiary/aromatic N) is 3. The molecule has 0 amide bonds. The van der Waals surface area contributed by atoms with Crippen LogP contribution in [-0.4, -0.2) is 23.2 Å². The molecule has 0 aliphatic heterocycles. The average molecular weight is 407 g/mol. The summed E-state index contributed by atoms with van der Waals surface area (Å²) in [5.41, 5.74) is 1.21. The smallest absolute Gasteiger partial charge is 0.255 e. The Kier molecular flexibility index (Phi) is 5.65. The number of rotatable bonds is 6. The van der Waals surface area contributed by atoms with E-state index in [-0.39, 0.29) is 0 Å². The van der Waals surface area contributed by atoms with Crippen molar-refractivity contribution in [3.63, 3.8) is 0 Å². The lowest BCUT2D eigenvalue weighted by Crippen LogP contribution is -2.09. The third-order valence-corrected chi connectivity index (χ3v) is 5.70. The Morgan fingerprint density at radius 2 is 1.88 bits per heavy atom. The maximum atomic E-state index is 12.4. The van der Waals surface area contributed by atoms with Gasteiger partial charge in [0.15, 0.2) is 5.16 Å². The van der Waals surface area contributed by atoms with Gasteiger partial charge in [-0.15, -0.1) is 10.2 Å². The Bertz CT molecular complexity index is 1030. The zero-order valence-electron chi connectivity index (χ0n) is 13.7. The molecule has 0 spiro atoms. The normalized spacial score (nSPS) is 11.8. The third-order valence-electron chi connectivity index (χ3n) is 3.32. The van der Waals surface area contributed by atoms with Gasteiger partial charge in [-0.05, 0) is 47.7 Å². The Morgan fingerprint density at radius 3 is 2.58 bits per heavy atom. The summed E-state index contributed by atoms with van der Waals surface area (Å²) in [5, 5.41) is 10.2. The summed E-state index contributed by atoms with van der Waals surface area (Å²) in [5.74, 6) is 0. The Morgan fingerprint density at radius 1 is 1.15 bits per heavy atom. The highest BCUT2D eigenvalue weighted by molar-refractivity contribution is 7.99. The van der Waals surface area contributed by atoms with E-state index < -0.39 is 10.0 Å². The zero-order valence-corrected chi connectivity index (χ0v) is 16.1. The molecule has 0 saturated heterocycles. The minimum absolute atomic E-state index is 0.473. The van der Waals surface area contributed by atoms with Crippen LogP contribution in [0.2, 0.25) is 5.02 Å². The molecule has 0 bridgehead atoms. The van der Waals surface area contributed by atoms with Crippen LogP contribution in [0.15, 0.2) is 70.3 Å². The Hall–Kier alpha value is -2.29. The first-order chi connectivity index (χ1) is 12.4. The standard InChI is InChI=1S/C17H15ClN4O2S2/c1-22-12-19-20-17(22)25-16-5-3-2-4-15(16)21-26(23,24)11-10-13-6-8-14(18)9-7-13/h2-12,21H,1H3/b11-10+. The minimum Gasteiger partial charge on any atom is -0.311 e. The number of anilines is 1. The molecule has 3 aromatic rings. The molecule has 0 atom stereocenters. The molecule has 2 aromatic carbocycles. The van der Waals surface area contributed by atoms with E-state index in [9.17, 15) is 8.42 Å². The van der Waals surface area contributed by atoms with Crippen LogP contribution in [0, 0.1) is 0 Å². The van der Waals surface area contributed by atoms with Crippen LogP contribution < -0.4 is 4.72 Å². The zero-order chi connectivity index (χ0) is 18.6. The number of sulfonamides is 1. The van der Waals surface area contributed by atoms with Crippen LogP contribution in [0.5, 0.6) is 0 Å². The number of aryl methyl sites for hydroxylation is 1. The molecule has 0 fully saturated rings. The Labute approximate surface area is 161 Å². The maximum absolute atomic E-state index is 12.4. The topological polar surface area (TPSA) is 76.9 Å². The highest BCUT2D eigenvalue weighted by atomic mass is 35.5. The second-order valence-electron chi connectivity index (χ2n) is 5.32. The van der Waals surface area contributed by atoms with E-state index in [1.807, 2.05) is 19.2 Å². The SMILES string of the molecule is Cn1cnnc1Sc1ccccc1NS(=O)(=O)/C=C/c1ccc(Cl)cc1. The third kappa shape index (κ3) is 4.87. The number of halogens is 1. The van der Waals surface area contributed by atoms with Gasteiger partial charge in [-0.25, -0.2) is 8.42 Å². The fourth-order valence-electron chi connectivity index (χ4n) is 2.03. The number of hydrogen-bond acceptors (Lipinski definition) is 5. The second-order valence-corrected chi connectivity index (χ2v) is 8.34. The van der Waals surface area contributed by atoms with Gasteiger partial charge in [0.2, 0.25) is 0 Å². The minimum atomic E-state index is -3.67. The molecule has 0 unspecified atom stereocenters. The number of para-hydroxylation sites is 1. The molecule has 1 aromatic heterocycles. The van der Waals surface area contributed by atoms with Crippen molar-refractivity contribution in [3.05, 3.63) is 70.9 Å². The van der Waals surface area contributed by atoms with Crippen molar-refractivity contribution in [2.45, 2.75) is 10.1 Å². The lowest BCUT2D eigenvalue weighted by Gasteiger charge is -2.10. The fourth-order valence-corrected chi connectivity index (χ4v) is 3.96. The van der Waals surface area contributed by atoms with E-state index in [1.54, 1.807) is 47.3 Å². The van der Waals surface area contributed by atoms with E-state index >= 15 is 0 Å². The molecule has 26 heavy (non-hydrogen) atoms. The van der Waals surface area contributed by atoms with Crippen molar-refractivity contribution in [3.8, 4) is 0 Å². The predicted molar refractivity (Wildman–Crippen MR) is 105 cm³/mol. The molecule has 1 N–H and O–H groups in total. The first kappa shape index (κ1) is 18.5. The van der Waals surface area contributed by atoms with Gasteiger partial charge in [0, 0.05) is 17.0 Å². The first-order valence-electron chi connectivity index (χ1n) is 7.50. The molecule has 0 aliphatic carbocycles. The van der Waals surface area contributed by atoms with Crippen molar-refractivity contribution in [1.82, 2.24) is 14.8 Å². The number of aromatic nitrogens is 3. The molecule has 9 heteroatoms. The molecule has 1 heterocycles. The van der Waals surface area contributed by atoms with Crippen LogP contribution in [0.4, 0.5) is 5.69 Å². The van der Waals surface area contributed by atoms with Crippen molar-refractivity contribution >= 4 is 45.1 Å². The maximum Gasteiger partial charge on any atom is 0.255 e. The summed E-state index contributed by atoms with van der Waals surface area (Å²) in [6, 6.07) is 14.0. The van der Waals surface area contributed by atoms with Gasteiger partial charge in [0.1, 0.15) is 6.33 Å². The van der Waals surface area contributed by atoms with E-state index in [2.05, 4.69) is 14.9 Å². The molecule has 0 saturated carbocycles. The van der Waals surface area contributed by atoms with E-state index in [1.165, 1.54) is 17.8 Å². The lowest BCUT2D eigenvalue weighted by atomic mass is 10.2. The van der Waals surface area contributed by atoms with Crippen LogP contribution in [0.1, 0.15) is 5.56 Å². The molecule has 0 radical (unpaired) electrons. The molecule has 134 valence electrons. The monoisotopic (exact) mass is 406 g/mol. The van der Waals surface area contributed by atoms with Crippen molar-refractivity contribution in [1.29, 1.82) is 0 Å². The fraction of sp³-hybridized carbons (Fsp3) is 0.0588. The quantitative estimate of drug-likeness (QED) is 0.668. The molecular formula is C17H15ClN4O2S2. The summed E-state index contributed by atoms with van der Waals surface area (Å²) in [6.07, 6.45) is 3.10. The summed E-state index contributed by atoms with van der Waals surface area (Å²) in [7, 11) is -1.85. The highest BCUT2D eigenvalue weighted by Crippen LogP contribution is 2.32. The van der Waals surface area contributed by atoms with Gasteiger partial charge in [0.25, 0.3) is 10.0 Å². The van der Waals surface area contributed by atoms with Crippen molar-refractivity contribution in [2.75, 3.05) is 4.72 Å². The average Bonchev–Trinajstić information content (AvgIpc) is 3.01. The van der Waals surface area contributed by atoms with Crippen molar-refractivity contribution in [2.24, 2.45) is 7.05 Å². The van der Waals surface area contributed by atoms with Gasteiger partial charge in [-0.2, -0.15) is 0 Å². The molecular weight excluding hydrogens is 392 g/mol. The summed E-state index contributed by atoms with van der Waals surface area (Å²) < 4.78 is 29.1. The van der Waals surface area contributed by atoms with Gasteiger partial charge in [0.05, 0.1) is 11.1 Å². The van der Waals surface area contributed by atoms with E-state index in [4.69, 9.17) is 11.6 Å². The number of benzene rings is 2. The summed E-state index contributed by atoms with van der Waals surface area (Å²) in [4.78, 5) is 0.729. The van der Waals surface area contributed by atoms with Crippen molar-refractivity contribution < 1.29 is 8.42 Å². The van der Waals surface area contributed by atoms with E-state index in [0.29, 0.717) is 15.9 Å². The predicted octanol–water partition coefficient (Wildman–Crippen LogP) is 4.03. The highest BCUT2D eigenvalue weighted by Gasteiger charge is 2.12. The lowest BCUT2D eigenvalue weighted by molar-refractivity contribution is 0.609. The van der Waals surface area contributed by atoms with Crippen LogP contribution in [-0.2, 0) is 17.1 Å². The molecule has 0 aliphatic rings. The van der Waals surface area contributed by atoms with Gasteiger partial charge in [-0.1, -0.05) is 35.9 Å². The summed E-state index contributed by atoms with van der Waals surface area (Å²) in [6.45, 7) is 0. The van der Waals surface area contributed by atoms with Gasteiger partial charge >= 0.3 is 0 Å². The van der Waals surface area contributed by atoms with Gasteiger partial charge in [-0.3, -0.25) is 4.72 Å². The van der Waals surface area contributed by atoms with Crippen LogP contribution in [0.25, 0.3) is 6.08 Å².